The number of nitrogen functional groups attached to an aromatic ring is 1. The fourth-order valence-corrected chi connectivity index (χ4v) is 2.75. The molecule has 0 aliphatic heterocycles. The fourth-order valence-electron chi connectivity index (χ4n) is 2.75. The van der Waals surface area contributed by atoms with E-state index < -0.39 is 11.8 Å². The smallest absolute Gasteiger partial charge is 0.293 e. The number of hydrogen-bond donors (Lipinski definition) is 4. The van der Waals surface area contributed by atoms with Crippen molar-refractivity contribution in [1.82, 2.24) is 30.7 Å². The molecule has 162 valence electrons. The molecule has 0 saturated carbocycles. The molecule has 0 spiro atoms. The average molecular weight is 436 g/mol. The number of hydrazone groups is 1. The zero-order valence-corrected chi connectivity index (χ0v) is 16.3. The van der Waals surface area contributed by atoms with Gasteiger partial charge in [-0.1, -0.05) is 17.3 Å². The van der Waals surface area contributed by atoms with Crippen molar-refractivity contribution in [1.29, 1.82) is 0 Å². The molecule has 1 aromatic carbocycles. The Bertz CT molecular complexity index is 1270. The van der Waals surface area contributed by atoms with Crippen LogP contribution in [0.25, 0.3) is 5.82 Å². The Labute approximate surface area is 179 Å². The number of nitrogens with zero attached hydrogens (tertiary/aromatic N) is 6. The maximum absolute atomic E-state index is 12.7. The van der Waals surface area contributed by atoms with Crippen LogP contribution < -0.4 is 22.2 Å². The number of rotatable bonds is 8. The van der Waals surface area contributed by atoms with Crippen LogP contribution in [0.15, 0.2) is 56.8 Å². The Morgan fingerprint density at radius 2 is 2.03 bits per heavy atom. The lowest BCUT2D eigenvalue weighted by atomic mass is 10.1. The van der Waals surface area contributed by atoms with Crippen molar-refractivity contribution in [2.45, 2.75) is 6.54 Å². The lowest BCUT2D eigenvalue weighted by Gasteiger charge is -2.11. The quantitative estimate of drug-likeness (QED) is 0.219. The van der Waals surface area contributed by atoms with E-state index in [4.69, 9.17) is 15.9 Å². The third-order valence-corrected chi connectivity index (χ3v) is 4.21. The summed E-state index contributed by atoms with van der Waals surface area (Å²) in [6.45, 7) is -0.00571. The molecule has 0 radical (unpaired) electrons. The summed E-state index contributed by atoms with van der Waals surface area (Å²) >= 11 is 0. The first-order valence-electron chi connectivity index (χ1n) is 9.07. The lowest BCUT2D eigenvalue weighted by Crippen LogP contribution is -2.22. The number of nitrogens with two attached hydrogens (primary N) is 2. The molecule has 3 aromatic heterocycles. The average Bonchev–Trinajstić information content (AvgIpc) is 3.53. The number of carbonyl (C=O) groups is 2. The summed E-state index contributed by atoms with van der Waals surface area (Å²) < 4.78 is 10.9. The third-order valence-electron chi connectivity index (χ3n) is 4.21. The number of nitrogens with one attached hydrogen (secondary N) is 2. The van der Waals surface area contributed by atoms with E-state index >= 15 is 0 Å². The Hall–Kier alpha value is -5.01. The summed E-state index contributed by atoms with van der Waals surface area (Å²) in [5, 5.41) is 21.9. The van der Waals surface area contributed by atoms with Crippen molar-refractivity contribution in [3.05, 3.63) is 65.4 Å². The zero-order valence-electron chi connectivity index (χ0n) is 16.3. The molecule has 14 nitrogen and oxygen atoms in total. The highest BCUT2D eigenvalue weighted by molar-refractivity contribution is 5.98. The predicted octanol–water partition coefficient (Wildman–Crippen LogP) is 0.300. The summed E-state index contributed by atoms with van der Waals surface area (Å²) in [7, 11) is 0. The van der Waals surface area contributed by atoms with E-state index in [2.05, 4.69) is 41.1 Å². The van der Waals surface area contributed by atoms with E-state index in [1.165, 1.54) is 17.2 Å². The first kappa shape index (κ1) is 20.3. The number of primary amides is 1. The normalized spacial score (nSPS) is 11.0. The van der Waals surface area contributed by atoms with Crippen LogP contribution in [0.3, 0.4) is 0 Å². The number of para-hydroxylation sites is 1. The monoisotopic (exact) mass is 436 g/mol. The van der Waals surface area contributed by atoms with Gasteiger partial charge in [0, 0.05) is 5.69 Å². The van der Waals surface area contributed by atoms with Gasteiger partial charge < -0.3 is 21.2 Å². The maximum atomic E-state index is 12.7. The first-order chi connectivity index (χ1) is 15.5. The number of amides is 2. The second-order valence-corrected chi connectivity index (χ2v) is 6.25. The highest BCUT2D eigenvalue weighted by atomic mass is 16.6. The van der Waals surface area contributed by atoms with Gasteiger partial charge in [-0.3, -0.25) is 9.59 Å². The van der Waals surface area contributed by atoms with Gasteiger partial charge in [0.1, 0.15) is 5.76 Å². The van der Waals surface area contributed by atoms with Gasteiger partial charge in [-0.25, -0.2) is 10.1 Å². The third kappa shape index (κ3) is 4.13. The second kappa shape index (κ2) is 8.78. The van der Waals surface area contributed by atoms with E-state index in [1.54, 1.807) is 36.4 Å². The van der Waals surface area contributed by atoms with Crippen molar-refractivity contribution < 1.29 is 18.6 Å². The molecular formula is C18H16N10O4. The number of furan rings is 1. The van der Waals surface area contributed by atoms with Crippen molar-refractivity contribution in [3.8, 4) is 5.82 Å². The maximum Gasteiger partial charge on any atom is 0.293 e. The van der Waals surface area contributed by atoms with Gasteiger partial charge in [0.15, 0.2) is 5.69 Å². The topological polar surface area (TPSA) is 205 Å². The Balaban J connectivity index is 1.63. The SMILES string of the molecule is NC(=O)c1ccccc1NCc1c(C(=O)N/N=C/c2ccco2)nnn1-c1nonc1N. The summed E-state index contributed by atoms with van der Waals surface area (Å²) in [5.41, 5.74) is 14.4. The molecule has 0 bridgehead atoms. The summed E-state index contributed by atoms with van der Waals surface area (Å²) in [4.78, 5) is 24.4. The first-order valence-corrected chi connectivity index (χ1v) is 9.07. The van der Waals surface area contributed by atoms with Crippen molar-refractivity contribution in [3.63, 3.8) is 0 Å². The highest BCUT2D eigenvalue weighted by Gasteiger charge is 2.24. The van der Waals surface area contributed by atoms with E-state index in [9.17, 15) is 9.59 Å². The van der Waals surface area contributed by atoms with E-state index in [1.807, 2.05) is 0 Å². The van der Waals surface area contributed by atoms with Crippen LogP contribution in [0.2, 0.25) is 0 Å². The van der Waals surface area contributed by atoms with E-state index in [0.717, 1.165) is 0 Å². The number of hydrogen-bond acceptors (Lipinski definition) is 11. The summed E-state index contributed by atoms with van der Waals surface area (Å²) in [5.74, 6) is -0.851. The minimum Gasteiger partial charge on any atom is -0.463 e. The molecule has 0 aliphatic carbocycles. The molecule has 32 heavy (non-hydrogen) atoms. The van der Waals surface area contributed by atoms with Gasteiger partial charge in [-0.15, -0.1) is 5.10 Å². The molecule has 0 atom stereocenters. The Morgan fingerprint density at radius 3 is 2.75 bits per heavy atom. The highest BCUT2D eigenvalue weighted by Crippen LogP contribution is 2.19. The van der Waals surface area contributed by atoms with Crippen LogP contribution in [-0.4, -0.2) is 43.3 Å². The van der Waals surface area contributed by atoms with Crippen LogP contribution in [0.4, 0.5) is 11.5 Å². The number of carbonyl (C=O) groups excluding carboxylic acids is 2. The summed E-state index contributed by atoms with van der Waals surface area (Å²) in [6.07, 6.45) is 2.79. The van der Waals surface area contributed by atoms with Gasteiger partial charge in [0.05, 0.1) is 30.3 Å². The summed E-state index contributed by atoms with van der Waals surface area (Å²) in [6, 6.07) is 9.97. The molecule has 6 N–H and O–H groups in total. The van der Waals surface area contributed by atoms with Gasteiger partial charge in [0.25, 0.3) is 11.8 Å². The molecule has 2 amide bonds. The van der Waals surface area contributed by atoms with Crippen molar-refractivity contribution in [2.75, 3.05) is 11.1 Å². The molecule has 0 aliphatic rings. The predicted molar refractivity (Wildman–Crippen MR) is 110 cm³/mol. The van der Waals surface area contributed by atoms with Crippen LogP contribution in [0, 0.1) is 0 Å². The van der Waals surface area contributed by atoms with Gasteiger partial charge in [-0.2, -0.15) is 9.78 Å². The standard InChI is InChI=1S/C18H16N10O4/c19-15-17(26-32-25-15)28-13(9-21-12-6-2-1-5-11(12)16(20)29)14(23-27-28)18(30)24-22-8-10-4-3-7-31-10/h1-8,21H,9H2,(H2,19,25)(H2,20,29)(H,24,30)/b22-8+. The molecule has 0 saturated heterocycles. The number of benzene rings is 1. The number of anilines is 2. The van der Waals surface area contributed by atoms with Gasteiger partial charge in [-0.05, 0) is 34.6 Å². The van der Waals surface area contributed by atoms with Gasteiger partial charge >= 0.3 is 0 Å². The minimum absolute atomic E-state index is 0.00571. The van der Waals surface area contributed by atoms with Crippen LogP contribution >= 0.6 is 0 Å². The zero-order chi connectivity index (χ0) is 22.5. The van der Waals surface area contributed by atoms with Gasteiger partial charge in [0.2, 0.25) is 11.6 Å². The molecule has 14 heteroatoms. The van der Waals surface area contributed by atoms with Crippen molar-refractivity contribution in [2.24, 2.45) is 10.8 Å². The molecule has 4 aromatic rings. The van der Waals surface area contributed by atoms with Crippen LogP contribution in [-0.2, 0) is 6.54 Å². The fraction of sp³-hybridized carbons (Fsp3) is 0.0556. The Morgan fingerprint density at radius 1 is 1.19 bits per heavy atom. The van der Waals surface area contributed by atoms with Crippen LogP contribution in [0.5, 0.6) is 0 Å². The minimum atomic E-state index is -0.658. The number of aromatic nitrogens is 5. The second-order valence-electron chi connectivity index (χ2n) is 6.25. The van der Waals surface area contributed by atoms with Crippen molar-refractivity contribution >= 4 is 29.5 Å². The van der Waals surface area contributed by atoms with E-state index in [0.29, 0.717) is 11.4 Å². The molecule has 0 unspecified atom stereocenters. The lowest BCUT2D eigenvalue weighted by molar-refractivity contribution is 0.0947. The Kier molecular flexibility index (Phi) is 5.56. The molecule has 3 heterocycles. The largest absolute Gasteiger partial charge is 0.463 e. The molecule has 4 rings (SSSR count). The molecule has 0 fully saturated rings. The van der Waals surface area contributed by atoms with E-state index in [-0.39, 0.29) is 35.1 Å². The molecular weight excluding hydrogens is 420 g/mol. The van der Waals surface area contributed by atoms with Crippen LogP contribution in [0.1, 0.15) is 32.3 Å².